The number of carbonyl (C=O) groups excluding carboxylic acids is 1. The van der Waals surface area contributed by atoms with Crippen LogP contribution >= 0.6 is 0 Å². The number of carbonyl (C=O) groups is 1. The molecule has 0 fully saturated rings. The number of halogens is 3. The Kier molecular flexibility index (Phi) is 6.42. The molecule has 31 heavy (non-hydrogen) atoms. The molecular weight excluding hydrogens is 431 g/mol. The van der Waals surface area contributed by atoms with Gasteiger partial charge in [-0.25, -0.2) is 0 Å². The first-order valence-electron chi connectivity index (χ1n) is 8.96. The number of anilines is 3. The Labute approximate surface area is 179 Å². The molecule has 6 nitrogen and oxygen atoms in total. The van der Waals surface area contributed by atoms with Gasteiger partial charge in [0, 0.05) is 18.7 Å². The first-order chi connectivity index (χ1) is 14.6. The quantitative estimate of drug-likeness (QED) is 0.559. The molecule has 0 aliphatic carbocycles. The maximum absolute atomic E-state index is 13.1. The van der Waals surface area contributed by atoms with E-state index in [-0.39, 0.29) is 17.3 Å². The third-order valence-electron chi connectivity index (χ3n) is 4.38. The molecular formula is C21H17F3N3O3S-. The van der Waals surface area contributed by atoms with Gasteiger partial charge in [-0.1, -0.05) is 18.2 Å². The predicted octanol–water partition coefficient (Wildman–Crippen LogP) is 4.97. The summed E-state index contributed by atoms with van der Waals surface area (Å²) in [5, 5.41) is 2.61. The number of benzene rings is 2. The number of pyridine rings is 1. The van der Waals surface area contributed by atoms with Gasteiger partial charge in [-0.2, -0.15) is 13.2 Å². The number of hydrogen-bond acceptors (Lipinski definition) is 4. The largest absolute Gasteiger partial charge is 0.755 e. The van der Waals surface area contributed by atoms with Crippen LogP contribution in [0.4, 0.5) is 30.2 Å². The van der Waals surface area contributed by atoms with E-state index in [9.17, 15) is 26.7 Å². The summed E-state index contributed by atoms with van der Waals surface area (Å²) in [5.41, 5.74) is 1.24. The van der Waals surface area contributed by atoms with Crippen molar-refractivity contribution in [2.45, 2.75) is 20.0 Å². The van der Waals surface area contributed by atoms with E-state index in [1.165, 1.54) is 25.4 Å². The fourth-order valence-electron chi connectivity index (χ4n) is 2.99. The van der Waals surface area contributed by atoms with Crippen LogP contribution in [0.5, 0.6) is 0 Å². The summed E-state index contributed by atoms with van der Waals surface area (Å²) < 4.78 is 64.2. The smallest absolute Gasteiger partial charge is 0.416 e. The highest BCUT2D eigenvalue weighted by atomic mass is 32.2. The molecule has 0 aliphatic heterocycles. The number of aryl methyl sites for hydroxylation is 1. The standard InChI is InChI=1S/C21H18F3N3O3S/c1-13-6-7-15(16-8-18(12-25-11-16)26-14(2)28)9-20(13)27(31(29)30)19-5-3-4-17(10-19)21(22,23)24/h3-12H,1-2H3,(H,26,28)(H,29,30)/p-1. The van der Waals surface area contributed by atoms with Crippen LogP contribution in [0.3, 0.4) is 0 Å². The number of nitrogens with zero attached hydrogens (tertiary/aromatic N) is 2. The average Bonchev–Trinajstić information content (AvgIpc) is 2.69. The molecule has 1 unspecified atom stereocenters. The fraction of sp³-hybridized carbons (Fsp3) is 0.143. The number of rotatable bonds is 5. The van der Waals surface area contributed by atoms with E-state index in [1.807, 2.05) is 0 Å². The minimum absolute atomic E-state index is 0.145. The van der Waals surface area contributed by atoms with Crippen LogP contribution in [-0.2, 0) is 22.2 Å². The van der Waals surface area contributed by atoms with Crippen molar-refractivity contribution in [1.82, 2.24) is 4.98 Å². The molecule has 162 valence electrons. The summed E-state index contributed by atoms with van der Waals surface area (Å²) in [4.78, 5) is 15.4. The van der Waals surface area contributed by atoms with Gasteiger partial charge in [0.25, 0.3) is 0 Å². The summed E-state index contributed by atoms with van der Waals surface area (Å²) in [6.45, 7) is 3.01. The maximum Gasteiger partial charge on any atom is 0.416 e. The van der Waals surface area contributed by atoms with Crippen molar-refractivity contribution in [3.8, 4) is 11.1 Å². The zero-order chi connectivity index (χ0) is 22.8. The van der Waals surface area contributed by atoms with Crippen LogP contribution in [0.25, 0.3) is 11.1 Å². The predicted molar refractivity (Wildman–Crippen MR) is 111 cm³/mol. The number of amides is 1. The van der Waals surface area contributed by atoms with Crippen molar-refractivity contribution in [1.29, 1.82) is 0 Å². The van der Waals surface area contributed by atoms with Crippen LogP contribution in [0.1, 0.15) is 18.1 Å². The Morgan fingerprint density at radius 1 is 1.10 bits per heavy atom. The second-order valence-corrected chi connectivity index (χ2v) is 7.50. The van der Waals surface area contributed by atoms with Gasteiger partial charge in [-0.3, -0.25) is 18.3 Å². The van der Waals surface area contributed by atoms with Crippen molar-refractivity contribution in [3.63, 3.8) is 0 Å². The molecule has 0 spiro atoms. The van der Waals surface area contributed by atoms with Gasteiger partial charge in [0.2, 0.25) is 5.91 Å². The van der Waals surface area contributed by atoms with Crippen molar-refractivity contribution in [2.24, 2.45) is 0 Å². The zero-order valence-electron chi connectivity index (χ0n) is 16.4. The van der Waals surface area contributed by atoms with E-state index < -0.39 is 23.0 Å². The number of nitrogens with one attached hydrogen (secondary N) is 1. The molecule has 1 N–H and O–H groups in total. The summed E-state index contributed by atoms with van der Waals surface area (Å²) in [6, 6.07) is 10.7. The molecule has 0 saturated carbocycles. The molecule has 0 saturated heterocycles. The highest BCUT2D eigenvalue weighted by molar-refractivity contribution is 7.81. The number of alkyl halides is 3. The molecule has 1 atom stereocenters. The molecule has 10 heteroatoms. The molecule has 3 rings (SSSR count). The molecule has 1 aromatic heterocycles. The van der Waals surface area contributed by atoms with Crippen molar-refractivity contribution in [2.75, 3.05) is 9.62 Å². The Bertz CT molecular complexity index is 1150. The van der Waals surface area contributed by atoms with E-state index in [4.69, 9.17) is 0 Å². The lowest BCUT2D eigenvalue weighted by Crippen LogP contribution is -2.21. The van der Waals surface area contributed by atoms with Gasteiger partial charge in [-0.15, -0.1) is 0 Å². The van der Waals surface area contributed by atoms with E-state index in [0.717, 1.165) is 22.5 Å². The Morgan fingerprint density at radius 2 is 1.84 bits per heavy atom. The van der Waals surface area contributed by atoms with Gasteiger partial charge >= 0.3 is 6.18 Å². The van der Waals surface area contributed by atoms with Crippen molar-refractivity contribution in [3.05, 3.63) is 72.1 Å². The number of aromatic nitrogens is 1. The molecule has 1 heterocycles. The molecule has 0 bridgehead atoms. The Balaban J connectivity index is 2.09. The Hall–Kier alpha value is -3.24. The molecule has 3 aromatic rings. The first kappa shape index (κ1) is 22.4. The molecule has 2 aromatic carbocycles. The van der Waals surface area contributed by atoms with Crippen LogP contribution in [0.2, 0.25) is 0 Å². The lowest BCUT2D eigenvalue weighted by Gasteiger charge is -2.29. The average molecular weight is 448 g/mol. The second kappa shape index (κ2) is 8.86. The van der Waals surface area contributed by atoms with Crippen LogP contribution in [-0.4, -0.2) is 19.7 Å². The number of hydrogen-bond donors (Lipinski definition) is 1. The van der Waals surface area contributed by atoms with E-state index in [2.05, 4.69) is 10.3 Å². The molecule has 0 aliphatic rings. The van der Waals surface area contributed by atoms with Gasteiger partial charge in [0.15, 0.2) is 0 Å². The molecule has 1 amide bonds. The lowest BCUT2D eigenvalue weighted by molar-refractivity contribution is -0.137. The van der Waals surface area contributed by atoms with Gasteiger partial charge in [0.1, 0.15) is 0 Å². The Morgan fingerprint density at radius 3 is 2.48 bits per heavy atom. The second-order valence-electron chi connectivity index (χ2n) is 6.70. The normalized spacial score (nSPS) is 12.3. The minimum Gasteiger partial charge on any atom is -0.755 e. The van der Waals surface area contributed by atoms with Gasteiger partial charge in [-0.05, 0) is 48.4 Å². The summed E-state index contributed by atoms with van der Waals surface area (Å²) in [5.74, 6) is -0.277. The highest BCUT2D eigenvalue weighted by Gasteiger charge is 2.31. The topological polar surface area (TPSA) is 85.4 Å². The van der Waals surface area contributed by atoms with E-state index in [0.29, 0.717) is 22.4 Å². The minimum atomic E-state index is -4.61. The van der Waals surface area contributed by atoms with Gasteiger partial charge in [0.05, 0.1) is 40.1 Å². The SMILES string of the molecule is CC(=O)Nc1cncc(-c2ccc(C)c(N(c3cccc(C(F)(F)F)c3)S(=O)[O-])c2)c1. The molecule has 0 radical (unpaired) electrons. The summed E-state index contributed by atoms with van der Waals surface area (Å²) in [7, 11) is 0. The van der Waals surface area contributed by atoms with Gasteiger partial charge < -0.3 is 9.87 Å². The zero-order valence-corrected chi connectivity index (χ0v) is 17.3. The summed E-state index contributed by atoms with van der Waals surface area (Å²) in [6.07, 6.45) is -1.62. The fourth-order valence-corrected chi connectivity index (χ4v) is 3.63. The monoisotopic (exact) mass is 448 g/mol. The summed E-state index contributed by atoms with van der Waals surface area (Å²) >= 11 is -2.88. The third-order valence-corrected chi connectivity index (χ3v) is 5.08. The van der Waals surface area contributed by atoms with E-state index in [1.54, 1.807) is 31.2 Å². The maximum atomic E-state index is 13.1. The lowest BCUT2D eigenvalue weighted by atomic mass is 10.0. The highest BCUT2D eigenvalue weighted by Crippen LogP contribution is 2.37. The van der Waals surface area contributed by atoms with Crippen molar-refractivity contribution < 1.29 is 26.7 Å². The van der Waals surface area contributed by atoms with Crippen molar-refractivity contribution >= 4 is 34.2 Å². The van der Waals surface area contributed by atoms with Crippen LogP contribution in [0, 0.1) is 6.92 Å². The van der Waals surface area contributed by atoms with Crippen LogP contribution < -0.4 is 9.62 Å². The van der Waals surface area contributed by atoms with E-state index >= 15 is 0 Å². The third kappa shape index (κ3) is 5.28. The van der Waals surface area contributed by atoms with Crippen LogP contribution in [0.15, 0.2) is 60.9 Å². The first-order valence-corrected chi connectivity index (χ1v) is 10.00.